The number of nitrogens with one attached hydrogen (secondary N) is 1. The van der Waals surface area contributed by atoms with Crippen LogP contribution in [0.1, 0.15) is 29.4 Å². The minimum atomic E-state index is -0.0641. The van der Waals surface area contributed by atoms with Gasteiger partial charge in [-0.1, -0.05) is 12.1 Å². The summed E-state index contributed by atoms with van der Waals surface area (Å²) in [7, 11) is 0. The Morgan fingerprint density at radius 3 is 2.75 bits per heavy atom. The van der Waals surface area contributed by atoms with Gasteiger partial charge in [0.05, 0.1) is 21.6 Å². The van der Waals surface area contributed by atoms with Crippen LogP contribution in [0.3, 0.4) is 0 Å². The summed E-state index contributed by atoms with van der Waals surface area (Å²) >= 11 is 1.31. The Morgan fingerprint density at radius 2 is 2.08 bits per heavy atom. The van der Waals surface area contributed by atoms with Gasteiger partial charge in [0.15, 0.2) is 5.78 Å². The highest BCUT2D eigenvalue weighted by molar-refractivity contribution is 7.21. The Bertz CT molecular complexity index is 961. The second-order valence-electron chi connectivity index (χ2n) is 6.02. The van der Waals surface area contributed by atoms with E-state index in [0.717, 1.165) is 23.8 Å². The molecule has 0 amide bonds. The number of nitrogens with zero attached hydrogens (tertiary/aromatic N) is 2. The number of carbonyl (C=O) groups excluding carboxylic acids is 1. The molecule has 1 aliphatic carbocycles. The first-order valence-electron chi connectivity index (χ1n) is 7.76. The molecule has 0 spiro atoms. The summed E-state index contributed by atoms with van der Waals surface area (Å²) in [6, 6.07) is 7.92. The van der Waals surface area contributed by atoms with E-state index in [1.807, 2.05) is 24.3 Å². The summed E-state index contributed by atoms with van der Waals surface area (Å²) in [6.07, 6.45) is 2.25. The average Bonchev–Trinajstić information content (AvgIpc) is 3.28. The molecule has 7 heteroatoms. The molecule has 0 aliphatic heterocycles. The highest BCUT2D eigenvalue weighted by atomic mass is 32.1. The molecule has 0 atom stereocenters. The molecule has 0 saturated heterocycles. The van der Waals surface area contributed by atoms with Crippen LogP contribution < -0.4 is 16.8 Å². The Balaban J connectivity index is 1.98. The molecule has 2 heterocycles. The van der Waals surface area contributed by atoms with Crippen molar-refractivity contribution in [1.29, 1.82) is 0 Å². The van der Waals surface area contributed by atoms with Gasteiger partial charge in [0.1, 0.15) is 4.83 Å². The van der Waals surface area contributed by atoms with E-state index in [0.29, 0.717) is 38.8 Å². The van der Waals surface area contributed by atoms with Crippen LogP contribution in [0, 0.1) is 0 Å². The third kappa shape index (κ3) is 2.56. The number of fused-ring (bicyclic) bond motifs is 1. The maximum Gasteiger partial charge on any atom is 0.224 e. The van der Waals surface area contributed by atoms with Crippen molar-refractivity contribution in [3.63, 3.8) is 0 Å². The number of hydrogen-bond acceptors (Lipinski definition) is 7. The van der Waals surface area contributed by atoms with E-state index in [1.54, 1.807) is 0 Å². The summed E-state index contributed by atoms with van der Waals surface area (Å²) in [5, 5.41) is 4.04. The zero-order valence-corrected chi connectivity index (χ0v) is 14.0. The second kappa shape index (κ2) is 5.45. The van der Waals surface area contributed by atoms with Gasteiger partial charge in [0.2, 0.25) is 5.95 Å². The van der Waals surface area contributed by atoms with E-state index >= 15 is 0 Å². The number of thiophene rings is 1. The first-order chi connectivity index (χ1) is 11.5. The van der Waals surface area contributed by atoms with Crippen molar-refractivity contribution in [2.45, 2.75) is 25.8 Å². The van der Waals surface area contributed by atoms with Gasteiger partial charge in [-0.3, -0.25) is 4.79 Å². The third-order valence-electron chi connectivity index (χ3n) is 3.98. The van der Waals surface area contributed by atoms with Gasteiger partial charge in [-0.05, 0) is 25.0 Å². The summed E-state index contributed by atoms with van der Waals surface area (Å²) in [5.74, 6) is 0.504. The molecule has 3 aromatic rings. The molecular weight excluding hydrogens is 322 g/mol. The Hall–Kier alpha value is -2.67. The minimum absolute atomic E-state index is 0.0641. The summed E-state index contributed by atoms with van der Waals surface area (Å²) in [4.78, 5) is 22.3. The molecule has 1 saturated carbocycles. The molecular formula is C17H17N5OS. The number of benzene rings is 1. The molecule has 122 valence electrons. The zero-order valence-electron chi connectivity index (χ0n) is 13.2. The highest BCUT2D eigenvalue weighted by Gasteiger charge is 2.25. The van der Waals surface area contributed by atoms with Crippen LogP contribution >= 0.6 is 11.3 Å². The highest BCUT2D eigenvalue weighted by Crippen LogP contribution is 2.40. The van der Waals surface area contributed by atoms with Crippen LogP contribution in [0.2, 0.25) is 0 Å². The fraction of sp³-hybridized carbons (Fsp3) is 0.235. The fourth-order valence-electron chi connectivity index (χ4n) is 2.65. The lowest BCUT2D eigenvalue weighted by atomic mass is 10.1. The number of nitrogens with two attached hydrogens (primary N) is 2. The smallest absolute Gasteiger partial charge is 0.224 e. The van der Waals surface area contributed by atoms with Crippen LogP contribution in [0.15, 0.2) is 24.3 Å². The average molecular weight is 339 g/mol. The molecule has 4 rings (SSSR count). The number of aromatic nitrogens is 2. The van der Waals surface area contributed by atoms with Crippen molar-refractivity contribution >= 4 is 44.7 Å². The van der Waals surface area contributed by atoms with E-state index < -0.39 is 0 Å². The number of hydrogen-bond donors (Lipinski definition) is 3. The van der Waals surface area contributed by atoms with Crippen molar-refractivity contribution in [3.8, 4) is 11.3 Å². The van der Waals surface area contributed by atoms with Gasteiger partial charge in [0, 0.05) is 24.2 Å². The second-order valence-corrected chi connectivity index (χ2v) is 7.02. The molecule has 1 fully saturated rings. The molecule has 24 heavy (non-hydrogen) atoms. The lowest BCUT2D eigenvalue weighted by molar-refractivity contribution is 0.102. The number of Topliss-reactive ketones (excluding diaryl/α,β-unsaturated/α-hetero) is 1. The predicted octanol–water partition coefficient (Wildman–Crippen LogP) is 3.30. The largest absolute Gasteiger partial charge is 0.399 e. The normalized spacial score (nSPS) is 14.0. The van der Waals surface area contributed by atoms with E-state index in [9.17, 15) is 4.79 Å². The number of anilines is 3. The monoisotopic (exact) mass is 339 g/mol. The van der Waals surface area contributed by atoms with Crippen LogP contribution in [-0.2, 0) is 0 Å². The molecule has 6 nitrogen and oxygen atoms in total. The van der Waals surface area contributed by atoms with Gasteiger partial charge < -0.3 is 16.8 Å². The maximum atomic E-state index is 11.9. The van der Waals surface area contributed by atoms with Gasteiger partial charge in [0.25, 0.3) is 0 Å². The Kier molecular flexibility index (Phi) is 3.38. The van der Waals surface area contributed by atoms with Crippen molar-refractivity contribution < 1.29 is 4.79 Å². The van der Waals surface area contributed by atoms with E-state index in [4.69, 9.17) is 11.5 Å². The quantitative estimate of drug-likeness (QED) is 0.497. The minimum Gasteiger partial charge on any atom is -0.399 e. The van der Waals surface area contributed by atoms with E-state index in [2.05, 4.69) is 15.3 Å². The maximum absolute atomic E-state index is 11.9. The van der Waals surface area contributed by atoms with Crippen LogP contribution in [0.4, 0.5) is 17.3 Å². The lowest BCUT2D eigenvalue weighted by Gasteiger charge is -2.09. The number of rotatable bonds is 4. The molecule has 0 radical (unpaired) electrons. The molecule has 0 bridgehead atoms. The molecule has 5 N–H and O–H groups in total. The van der Waals surface area contributed by atoms with Gasteiger partial charge in [-0.25, -0.2) is 9.97 Å². The molecule has 0 unspecified atom stereocenters. The third-order valence-corrected chi connectivity index (χ3v) is 5.18. The van der Waals surface area contributed by atoms with E-state index in [1.165, 1.54) is 18.3 Å². The molecule has 1 aromatic carbocycles. The molecule has 1 aliphatic rings. The first-order valence-corrected chi connectivity index (χ1v) is 8.58. The van der Waals surface area contributed by atoms with Crippen molar-refractivity contribution in [3.05, 3.63) is 29.1 Å². The van der Waals surface area contributed by atoms with Crippen LogP contribution in [0.25, 0.3) is 21.5 Å². The summed E-state index contributed by atoms with van der Waals surface area (Å²) < 4.78 is 0. The van der Waals surface area contributed by atoms with Gasteiger partial charge >= 0.3 is 0 Å². The number of carbonyl (C=O) groups is 1. The summed E-state index contributed by atoms with van der Waals surface area (Å²) in [5.41, 5.74) is 14.8. The summed E-state index contributed by atoms with van der Waals surface area (Å²) in [6.45, 7) is 1.51. The standard InChI is InChI=1S/C17H17N5OS/c1-8(23)15-13(19)12-14(9-3-2-4-10(18)7-9)21-17(20-11-5-6-11)22-16(12)24-15/h2-4,7,11H,5-6,18-19H2,1H3,(H,20,21,22). The molecule has 2 aromatic heterocycles. The zero-order chi connectivity index (χ0) is 16.8. The van der Waals surface area contributed by atoms with Crippen molar-refractivity contribution in [2.24, 2.45) is 0 Å². The fourth-order valence-corrected chi connectivity index (χ4v) is 3.64. The SMILES string of the molecule is CC(=O)c1sc2nc(NC3CC3)nc(-c3cccc(N)c3)c2c1N. The van der Waals surface area contributed by atoms with Gasteiger partial charge in [-0.2, -0.15) is 0 Å². The van der Waals surface area contributed by atoms with Crippen molar-refractivity contribution in [1.82, 2.24) is 9.97 Å². The lowest BCUT2D eigenvalue weighted by Crippen LogP contribution is -2.06. The van der Waals surface area contributed by atoms with Gasteiger partial charge in [-0.15, -0.1) is 11.3 Å². The predicted molar refractivity (Wildman–Crippen MR) is 98.3 cm³/mol. The number of ketones is 1. The Morgan fingerprint density at radius 1 is 1.29 bits per heavy atom. The number of nitrogen functional groups attached to an aromatic ring is 2. The first kappa shape index (κ1) is 14.9. The van der Waals surface area contributed by atoms with Crippen LogP contribution in [-0.4, -0.2) is 21.8 Å². The van der Waals surface area contributed by atoms with Crippen molar-refractivity contribution in [2.75, 3.05) is 16.8 Å². The Labute approximate surface area is 142 Å². The van der Waals surface area contributed by atoms with E-state index in [-0.39, 0.29) is 5.78 Å². The topological polar surface area (TPSA) is 107 Å². The van der Waals surface area contributed by atoms with Crippen LogP contribution in [0.5, 0.6) is 0 Å².